The van der Waals surface area contributed by atoms with Crippen molar-refractivity contribution in [1.82, 2.24) is 5.43 Å². The molecule has 1 aromatic rings. The van der Waals surface area contributed by atoms with Crippen LogP contribution in [-0.2, 0) is 4.79 Å². The van der Waals surface area contributed by atoms with E-state index < -0.39 is 57.0 Å². The molecular formula is C10H15ClN6O5. The number of nitrogens with two attached hydrogens (primary N) is 2. The lowest BCUT2D eigenvalue weighted by atomic mass is 10.2. The molecular weight excluding hydrogens is 320 g/mol. The average Bonchev–Trinajstić information content (AvgIpc) is 2.50. The van der Waals surface area contributed by atoms with Gasteiger partial charge in [0.25, 0.3) is 17.3 Å². The van der Waals surface area contributed by atoms with Crippen LogP contribution in [0.4, 0.5) is 17.1 Å². The van der Waals surface area contributed by atoms with Crippen LogP contribution >= 0.6 is 12.4 Å². The SMILES string of the molecule is Cl.[3H]c1c([3H])c([N+](=O)[O-])c([3H])c([N+](=O)[O-])c1NCC[C@H](N)C(=O)NN. The van der Waals surface area contributed by atoms with E-state index in [1.807, 2.05) is 5.43 Å². The van der Waals surface area contributed by atoms with E-state index in [9.17, 15) is 25.0 Å². The van der Waals surface area contributed by atoms with Gasteiger partial charge in [0, 0.05) is 12.6 Å². The third kappa shape index (κ3) is 5.12. The highest BCUT2D eigenvalue weighted by molar-refractivity contribution is 5.85. The number of hydrazine groups is 1. The van der Waals surface area contributed by atoms with Crippen LogP contribution in [0.15, 0.2) is 18.1 Å². The highest BCUT2D eigenvalue weighted by atomic mass is 35.5. The highest BCUT2D eigenvalue weighted by Crippen LogP contribution is 2.28. The maximum Gasteiger partial charge on any atom is 0.299 e. The van der Waals surface area contributed by atoms with E-state index >= 15 is 0 Å². The molecule has 12 heteroatoms. The summed E-state index contributed by atoms with van der Waals surface area (Å²) in [5.41, 5.74) is 4.64. The van der Waals surface area contributed by atoms with Crippen LogP contribution in [0.25, 0.3) is 0 Å². The van der Waals surface area contributed by atoms with E-state index in [1.165, 1.54) is 0 Å². The summed E-state index contributed by atoms with van der Waals surface area (Å²) in [5, 5.41) is 24.4. The molecule has 1 atom stereocenters. The van der Waals surface area contributed by atoms with Crippen LogP contribution in [-0.4, -0.2) is 28.3 Å². The fraction of sp³-hybridized carbons (Fsp3) is 0.300. The summed E-state index contributed by atoms with van der Waals surface area (Å²) in [5.74, 6) is 4.22. The first-order valence-electron chi connectivity index (χ1n) is 7.05. The number of amides is 1. The molecule has 0 aliphatic heterocycles. The number of anilines is 1. The number of nitro groups is 2. The first-order chi connectivity index (χ1) is 11.1. The van der Waals surface area contributed by atoms with Crippen molar-refractivity contribution >= 4 is 35.4 Å². The van der Waals surface area contributed by atoms with Crippen LogP contribution in [0.1, 0.15) is 10.5 Å². The van der Waals surface area contributed by atoms with E-state index in [4.69, 9.17) is 15.7 Å². The summed E-state index contributed by atoms with van der Waals surface area (Å²) in [6, 6.07) is -3.85. The molecule has 1 amide bonds. The maximum absolute atomic E-state index is 11.2. The van der Waals surface area contributed by atoms with Gasteiger partial charge >= 0.3 is 0 Å². The number of nitrogens with one attached hydrogen (secondary N) is 2. The molecule has 11 nitrogen and oxygen atoms in total. The van der Waals surface area contributed by atoms with Gasteiger partial charge in [0.1, 0.15) is 5.69 Å². The van der Waals surface area contributed by atoms with Gasteiger partial charge in [-0.05, 0) is 12.5 Å². The number of carbonyl (C=O) groups excluding carboxylic acids is 1. The second-order valence-corrected chi connectivity index (χ2v) is 3.79. The molecule has 0 saturated heterocycles. The summed E-state index contributed by atoms with van der Waals surface area (Å²) in [6.45, 7) is -0.127. The molecule has 22 heavy (non-hydrogen) atoms. The quantitative estimate of drug-likeness (QED) is 0.232. The van der Waals surface area contributed by atoms with Crippen molar-refractivity contribution in [3.63, 3.8) is 0 Å². The van der Waals surface area contributed by atoms with E-state index in [0.717, 1.165) is 0 Å². The van der Waals surface area contributed by atoms with Gasteiger partial charge in [0.2, 0.25) is 0 Å². The Labute approximate surface area is 134 Å². The Balaban J connectivity index is 0.00000576. The summed E-state index contributed by atoms with van der Waals surface area (Å²) in [7, 11) is 0. The van der Waals surface area contributed by atoms with Crippen molar-refractivity contribution in [2.24, 2.45) is 11.6 Å². The Kier molecular flexibility index (Phi) is 5.72. The summed E-state index contributed by atoms with van der Waals surface area (Å²) in [4.78, 5) is 30.9. The molecule has 0 saturated carbocycles. The lowest BCUT2D eigenvalue weighted by molar-refractivity contribution is -0.393. The monoisotopic (exact) mass is 340 g/mol. The number of rotatable bonds is 7. The van der Waals surface area contributed by atoms with Gasteiger partial charge in [-0.15, -0.1) is 12.4 Å². The van der Waals surface area contributed by atoms with E-state index in [0.29, 0.717) is 0 Å². The first kappa shape index (κ1) is 14.4. The molecule has 0 aromatic heterocycles. The molecule has 0 unspecified atom stereocenters. The number of benzene rings is 1. The van der Waals surface area contributed by atoms with Gasteiger partial charge in [-0.1, -0.05) is 0 Å². The fourth-order valence-corrected chi connectivity index (χ4v) is 1.33. The van der Waals surface area contributed by atoms with Gasteiger partial charge in [-0.25, -0.2) is 5.84 Å². The zero-order valence-corrected chi connectivity index (χ0v) is 11.8. The zero-order valence-electron chi connectivity index (χ0n) is 14.0. The van der Waals surface area contributed by atoms with E-state index in [-0.39, 0.29) is 25.4 Å². The van der Waals surface area contributed by atoms with Crippen molar-refractivity contribution in [3.05, 3.63) is 38.4 Å². The smallest absolute Gasteiger partial charge is 0.299 e. The third-order valence-electron chi connectivity index (χ3n) is 2.38. The predicted molar refractivity (Wildman–Crippen MR) is 80.4 cm³/mol. The number of nitro benzene ring substituents is 2. The van der Waals surface area contributed by atoms with Crippen LogP contribution in [0.5, 0.6) is 0 Å². The summed E-state index contributed by atoms with van der Waals surface area (Å²) < 4.78 is 22.8. The molecule has 1 rings (SSSR count). The van der Waals surface area contributed by atoms with Gasteiger partial charge in [-0.3, -0.25) is 30.4 Å². The van der Waals surface area contributed by atoms with Gasteiger partial charge in [-0.2, -0.15) is 0 Å². The van der Waals surface area contributed by atoms with Crippen molar-refractivity contribution < 1.29 is 18.8 Å². The Morgan fingerprint density at radius 1 is 1.36 bits per heavy atom. The molecule has 1 aromatic carbocycles. The lowest BCUT2D eigenvalue weighted by Crippen LogP contribution is -2.44. The highest BCUT2D eigenvalue weighted by Gasteiger charge is 2.19. The lowest BCUT2D eigenvalue weighted by Gasteiger charge is -2.11. The molecule has 0 fully saturated rings. The Bertz CT molecular complexity index is 706. The Hall–Kier alpha value is -2.50. The van der Waals surface area contributed by atoms with Gasteiger partial charge < -0.3 is 11.1 Å². The van der Waals surface area contributed by atoms with E-state index in [2.05, 4.69) is 5.32 Å². The van der Waals surface area contributed by atoms with Crippen LogP contribution in [0.2, 0.25) is 0 Å². The molecule has 0 spiro atoms. The molecule has 0 aliphatic carbocycles. The molecule has 0 aliphatic rings. The largest absolute Gasteiger partial charge is 0.379 e. The maximum atomic E-state index is 11.2. The number of halogens is 1. The molecule has 122 valence electrons. The zero-order chi connectivity index (χ0) is 18.6. The van der Waals surface area contributed by atoms with Crippen LogP contribution in [0.3, 0.4) is 0 Å². The molecule has 0 radical (unpaired) electrons. The normalized spacial score (nSPS) is 12.9. The number of nitrogens with zero attached hydrogens (tertiary/aromatic N) is 2. The third-order valence-corrected chi connectivity index (χ3v) is 2.38. The Morgan fingerprint density at radius 2 is 2.00 bits per heavy atom. The first-order valence-corrected chi connectivity index (χ1v) is 5.55. The second-order valence-electron chi connectivity index (χ2n) is 3.79. The number of carbonyl (C=O) groups is 1. The topological polar surface area (TPSA) is 179 Å². The predicted octanol–water partition coefficient (Wildman–Crippen LogP) is 0.0440. The minimum absolute atomic E-state index is 0. The van der Waals surface area contributed by atoms with Crippen LogP contribution < -0.4 is 22.3 Å². The van der Waals surface area contributed by atoms with Gasteiger partial charge in [0.05, 0.1) is 26.0 Å². The van der Waals surface area contributed by atoms with Crippen molar-refractivity contribution in [3.8, 4) is 0 Å². The second kappa shape index (κ2) is 8.71. The van der Waals surface area contributed by atoms with Crippen LogP contribution in [0, 0.1) is 20.2 Å². The molecule has 6 N–H and O–H groups in total. The minimum Gasteiger partial charge on any atom is -0.379 e. The molecule has 0 heterocycles. The van der Waals surface area contributed by atoms with Crippen molar-refractivity contribution in [2.75, 3.05) is 11.9 Å². The van der Waals surface area contributed by atoms with Crippen molar-refractivity contribution in [2.45, 2.75) is 12.5 Å². The number of hydrogen-bond acceptors (Lipinski definition) is 8. The van der Waals surface area contributed by atoms with E-state index in [1.54, 1.807) is 0 Å². The fourth-order valence-electron chi connectivity index (χ4n) is 1.33. The Morgan fingerprint density at radius 3 is 2.50 bits per heavy atom. The minimum atomic E-state index is -1.13. The number of hydrogen-bond donors (Lipinski definition) is 4. The standard InChI is InChI=1S/C10H14N6O5.ClH/c11-7(10(17)14-12)3-4-13-8-2-1-6(15(18)19)5-9(8)16(20)21;/h1-2,5,7,13H,3-4,11-12H2,(H,14,17);1H/t7-;/m0./s1/i1T,2T,5T;. The summed E-state index contributed by atoms with van der Waals surface area (Å²) >= 11 is 0. The van der Waals surface area contributed by atoms with Crippen molar-refractivity contribution in [1.29, 1.82) is 0 Å². The summed E-state index contributed by atoms with van der Waals surface area (Å²) in [6.07, 6.45) is -0.0305. The average molecular weight is 341 g/mol. The molecule has 0 bridgehead atoms. The van der Waals surface area contributed by atoms with Gasteiger partial charge in [0.15, 0.2) is 0 Å².